The van der Waals surface area contributed by atoms with E-state index < -0.39 is 12.1 Å². The maximum absolute atomic E-state index is 11.4. The van der Waals surface area contributed by atoms with Crippen LogP contribution in [0, 0.1) is 12.8 Å². The van der Waals surface area contributed by atoms with Crippen LogP contribution in [0.15, 0.2) is 54.6 Å². The van der Waals surface area contributed by atoms with Gasteiger partial charge in [-0.25, -0.2) is 4.79 Å². The highest BCUT2D eigenvalue weighted by Crippen LogP contribution is 2.41. The van der Waals surface area contributed by atoms with E-state index in [2.05, 4.69) is 9.97 Å². The molecule has 3 aromatic carbocycles. The Labute approximate surface area is 189 Å². The van der Waals surface area contributed by atoms with Crippen LogP contribution >= 0.6 is 11.6 Å². The average Bonchev–Trinajstić information content (AvgIpc) is 3.55. The second kappa shape index (κ2) is 7.97. The molecule has 0 aliphatic heterocycles. The van der Waals surface area contributed by atoms with Crippen LogP contribution in [0.5, 0.6) is 11.8 Å². The first-order valence-corrected chi connectivity index (χ1v) is 10.8. The third-order valence-electron chi connectivity index (χ3n) is 5.83. The molecule has 1 saturated carbocycles. The quantitative estimate of drug-likeness (QED) is 0.330. The van der Waals surface area contributed by atoms with Gasteiger partial charge in [0, 0.05) is 5.56 Å². The number of imidazole rings is 1. The van der Waals surface area contributed by atoms with Gasteiger partial charge in [-0.3, -0.25) is 0 Å². The Morgan fingerprint density at radius 2 is 1.91 bits per heavy atom. The number of H-pyrrole nitrogens is 1. The summed E-state index contributed by atoms with van der Waals surface area (Å²) in [6.07, 6.45) is 1.75. The molecule has 6 nitrogen and oxygen atoms in total. The largest absolute Gasteiger partial charge is 0.478 e. The SMILES string of the molecule is Cc1ccc(Oc2nc3cc(-c4ccc(C(O)C5CC5)cc4)c(Cl)cc3[nH]2)cc1C(=O)O. The highest BCUT2D eigenvalue weighted by Gasteiger charge is 2.30. The van der Waals surface area contributed by atoms with Gasteiger partial charge in [0.1, 0.15) is 5.75 Å². The fourth-order valence-electron chi connectivity index (χ4n) is 3.83. The molecule has 1 aromatic heterocycles. The van der Waals surface area contributed by atoms with E-state index in [9.17, 15) is 15.0 Å². The van der Waals surface area contributed by atoms with Gasteiger partial charge in [0.2, 0.25) is 0 Å². The van der Waals surface area contributed by atoms with E-state index in [0.29, 0.717) is 33.3 Å². The van der Waals surface area contributed by atoms with Crippen LogP contribution in [0.1, 0.15) is 40.4 Å². The molecule has 1 unspecified atom stereocenters. The van der Waals surface area contributed by atoms with Crippen LogP contribution in [-0.4, -0.2) is 26.2 Å². The molecule has 162 valence electrons. The van der Waals surface area contributed by atoms with Crippen molar-refractivity contribution in [3.8, 4) is 22.9 Å². The predicted molar refractivity (Wildman–Crippen MR) is 122 cm³/mol. The van der Waals surface area contributed by atoms with Crippen LogP contribution in [0.3, 0.4) is 0 Å². The molecular formula is C25H21ClN2O4. The van der Waals surface area contributed by atoms with Crippen LogP contribution < -0.4 is 4.74 Å². The molecule has 0 bridgehead atoms. The van der Waals surface area contributed by atoms with E-state index in [4.69, 9.17) is 16.3 Å². The molecule has 1 fully saturated rings. The summed E-state index contributed by atoms with van der Waals surface area (Å²) in [7, 11) is 0. The number of aryl methyl sites for hydroxylation is 1. The Bertz CT molecular complexity index is 1330. The molecule has 5 rings (SSSR count). The Hall–Kier alpha value is -3.35. The van der Waals surface area contributed by atoms with Crippen molar-refractivity contribution in [3.63, 3.8) is 0 Å². The van der Waals surface area contributed by atoms with E-state index in [1.54, 1.807) is 25.1 Å². The molecule has 1 aliphatic rings. The summed E-state index contributed by atoms with van der Waals surface area (Å²) >= 11 is 6.54. The molecule has 3 N–H and O–H groups in total. The molecule has 32 heavy (non-hydrogen) atoms. The summed E-state index contributed by atoms with van der Waals surface area (Å²) in [5, 5.41) is 20.2. The number of aliphatic hydroxyl groups excluding tert-OH is 1. The summed E-state index contributed by atoms with van der Waals surface area (Å²) in [5.74, 6) is -0.254. The van der Waals surface area contributed by atoms with Gasteiger partial charge in [0.25, 0.3) is 6.01 Å². The molecule has 1 heterocycles. The van der Waals surface area contributed by atoms with E-state index in [-0.39, 0.29) is 11.6 Å². The number of halogens is 1. The zero-order valence-corrected chi connectivity index (χ0v) is 18.1. The number of aliphatic hydroxyl groups is 1. The Morgan fingerprint density at radius 1 is 1.16 bits per heavy atom. The number of nitrogens with zero attached hydrogens (tertiary/aromatic N) is 1. The van der Waals surface area contributed by atoms with Crippen LogP contribution in [-0.2, 0) is 0 Å². The number of carboxylic acid groups (broad SMARTS) is 1. The summed E-state index contributed by atoms with van der Waals surface area (Å²) in [5.41, 5.74) is 4.89. The lowest BCUT2D eigenvalue weighted by Crippen LogP contribution is -2.00. The monoisotopic (exact) mass is 448 g/mol. The normalized spacial score (nSPS) is 14.5. The Kier molecular flexibility index (Phi) is 5.12. The van der Waals surface area contributed by atoms with Gasteiger partial charge in [-0.1, -0.05) is 41.9 Å². The van der Waals surface area contributed by atoms with Crippen LogP contribution in [0.4, 0.5) is 0 Å². The first-order valence-electron chi connectivity index (χ1n) is 10.4. The maximum Gasteiger partial charge on any atom is 0.336 e. The molecule has 1 aliphatic carbocycles. The smallest absolute Gasteiger partial charge is 0.336 e. The fourth-order valence-corrected chi connectivity index (χ4v) is 4.10. The standard InChI is InChI=1S/C25H21ClN2O4/c1-13-2-9-17(10-18(13)24(30)31)32-25-27-21-11-19(20(26)12-22(21)28-25)14-3-5-15(6-4-14)23(29)16-7-8-16/h2-6,9-12,16,23,29H,7-8H2,1H3,(H,27,28)(H,30,31). The number of aromatic amines is 1. The lowest BCUT2D eigenvalue weighted by molar-refractivity contribution is 0.0695. The van der Waals surface area contributed by atoms with E-state index in [1.807, 2.05) is 30.3 Å². The number of nitrogens with one attached hydrogen (secondary N) is 1. The second-order valence-electron chi connectivity index (χ2n) is 8.18. The highest BCUT2D eigenvalue weighted by atomic mass is 35.5. The van der Waals surface area contributed by atoms with Gasteiger partial charge < -0.3 is 19.9 Å². The number of aromatic carboxylic acids is 1. The Morgan fingerprint density at radius 3 is 2.59 bits per heavy atom. The van der Waals surface area contributed by atoms with Crippen molar-refractivity contribution in [2.75, 3.05) is 0 Å². The summed E-state index contributed by atoms with van der Waals surface area (Å²) < 4.78 is 5.76. The number of rotatable bonds is 6. The minimum atomic E-state index is -1.01. The fraction of sp³-hybridized carbons (Fsp3) is 0.200. The van der Waals surface area contributed by atoms with Gasteiger partial charge in [-0.05, 0) is 66.6 Å². The van der Waals surface area contributed by atoms with Crippen molar-refractivity contribution in [1.29, 1.82) is 0 Å². The maximum atomic E-state index is 11.4. The third-order valence-corrected chi connectivity index (χ3v) is 6.15. The van der Waals surface area contributed by atoms with E-state index in [1.165, 1.54) is 6.07 Å². The first kappa shape index (κ1) is 20.5. The number of hydrogen-bond acceptors (Lipinski definition) is 4. The number of aromatic nitrogens is 2. The molecule has 0 spiro atoms. The predicted octanol–water partition coefficient (Wildman–Crippen LogP) is 6.13. The first-order chi connectivity index (χ1) is 15.4. The van der Waals surface area contributed by atoms with Crippen molar-refractivity contribution in [1.82, 2.24) is 9.97 Å². The third kappa shape index (κ3) is 3.95. The molecule has 0 radical (unpaired) electrons. The number of ether oxygens (including phenoxy) is 1. The van der Waals surface area contributed by atoms with Gasteiger partial charge >= 0.3 is 5.97 Å². The number of fused-ring (bicyclic) bond motifs is 1. The zero-order chi connectivity index (χ0) is 22.4. The topological polar surface area (TPSA) is 95.4 Å². The lowest BCUT2D eigenvalue weighted by atomic mass is 10.00. The molecule has 7 heteroatoms. The van der Waals surface area contributed by atoms with E-state index >= 15 is 0 Å². The van der Waals surface area contributed by atoms with Crippen LogP contribution in [0.2, 0.25) is 5.02 Å². The van der Waals surface area contributed by atoms with Gasteiger partial charge in [-0.15, -0.1) is 0 Å². The van der Waals surface area contributed by atoms with Gasteiger partial charge in [0.05, 0.1) is 27.7 Å². The number of hydrogen-bond donors (Lipinski definition) is 3. The molecular weight excluding hydrogens is 428 g/mol. The number of carbonyl (C=O) groups is 1. The van der Waals surface area contributed by atoms with Crippen molar-refractivity contribution < 1.29 is 19.7 Å². The summed E-state index contributed by atoms with van der Waals surface area (Å²) in [4.78, 5) is 18.9. The lowest BCUT2D eigenvalue weighted by Gasteiger charge is -2.11. The molecule has 0 saturated heterocycles. The zero-order valence-electron chi connectivity index (χ0n) is 17.3. The molecule has 0 amide bonds. The van der Waals surface area contributed by atoms with Gasteiger partial charge in [-0.2, -0.15) is 4.98 Å². The molecule has 1 atom stereocenters. The summed E-state index contributed by atoms with van der Waals surface area (Å²) in [6.45, 7) is 1.73. The minimum Gasteiger partial charge on any atom is -0.478 e. The van der Waals surface area contributed by atoms with Crippen molar-refractivity contribution >= 4 is 28.6 Å². The highest BCUT2D eigenvalue weighted by molar-refractivity contribution is 6.34. The van der Waals surface area contributed by atoms with Crippen LogP contribution in [0.25, 0.3) is 22.2 Å². The van der Waals surface area contributed by atoms with Gasteiger partial charge in [0.15, 0.2) is 0 Å². The van der Waals surface area contributed by atoms with Crippen molar-refractivity contribution in [3.05, 3.63) is 76.3 Å². The van der Waals surface area contributed by atoms with Crippen molar-refractivity contribution in [2.24, 2.45) is 5.92 Å². The number of carboxylic acids is 1. The van der Waals surface area contributed by atoms with E-state index in [0.717, 1.165) is 29.5 Å². The minimum absolute atomic E-state index is 0.180. The Balaban J connectivity index is 1.43. The second-order valence-corrected chi connectivity index (χ2v) is 8.59. The van der Waals surface area contributed by atoms with Crippen molar-refractivity contribution in [2.45, 2.75) is 25.9 Å². The summed E-state index contributed by atoms with van der Waals surface area (Å²) in [6, 6.07) is 16.6. The number of benzene rings is 3. The average molecular weight is 449 g/mol. The molecule has 4 aromatic rings.